The molecule has 0 saturated heterocycles. The van der Waals surface area contributed by atoms with Gasteiger partial charge in [0.1, 0.15) is 32.4 Å². The number of alkyl halides is 6. The number of imidazole rings is 1. The molecule has 7 aromatic rings. The minimum Gasteiger partial charge on any atom is -0.476 e. The van der Waals surface area contributed by atoms with E-state index < -0.39 is 35.6 Å². The molecule has 0 aliphatic rings. The largest absolute Gasteiger partial charge is 0.476 e. The van der Waals surface area contributed by atoms with E-state index in [1.165, 1.54) is 48.0 Å². The molecule has 18 nitrogen and oxygen atoms in total. The van der Waals surface area contributed by atoms with E-state index in [0.29, 0.717) is 17.6 Å². The molecule has 0 aromatic carbocycles. The van der Waals surface area contributed by atoms with Crippen molar-refractivity contribution >= 4 is 116 Å². The van der Waals surface area contributed by atoms with Gasteiger partial charge in [-0.1, -0.05) is 69.6 Å². The van der Waals surface area contributed by atoms with Crippen molar-refractivity contribution in [3.05, 3.63) is 114 Å². The fourth-order valence-corrected chi connectivity index (χ4v) is 5.76. The smallest absolute Gasteiger partial charge is 0.435 e. The standard InChI is InChI=1S/C12H8Cl2F3N5O.C12H6Cl2F3N5.C6H3Cl2NO2.C6H10N4/c1-18-10-6(4-7(21-22-10)12(15,16)17)19-11(23)9-5(13)2-3-8(14)20-9;1-22-10-6(4-7(20-21-10)12(15,16)17)18-11(22)9-5(13)2-3-8(14)19-9;7-3-1-2-4(8)9-5(3)6(10)11;1-4-3-5(7)6(8-2)10-9-4/h2-4H,1H3,(H,18,22)(H,19,21,23);2-4H,1H3;1-2H,(H,10,11);3H,1-2H3,(H2,7,9)(H,8,10). The van der Waals surface area contributed by atoms with Crippen molar-refractivity contribution in [2.75, 3.05) is 35.8 Å². The van der Waals surface area contributed by atoms with Crippen molar-refractivity contribution < 1.29 is 41.0 Å². The molecule has 0 unspecified atom stereocenters. The van der Waals surface area contributed by atoms with Crippen molar-refractivity contribution in [1.29, 1.82) is 0 Å². The van der Waals surface area contributed by atoms with Crippen molar-refractivity contribution in [3.63, 3.8) is 0 Å². The zero-order chi connectivity index (χ0) is 49.3. The van der Waals surface area contributed by atoms with Gasteiger partial charge >= 0.3 is 18.3 Å². The Labute approximate surface area is 397 Å². The molecule has 66 heavy (non-hydrogen) atoms. The second-order valence-electron chi connectivity index (χ2n) is 12.4. The first-order chi connectivity index (χ1) is 30.8. The number of aromatic carboxylic acids is 1. The Morgan fingerprint density at radius 3 is 1.68 bits per heavy atom. The van der Waals surface area contributed by atoms with Crippen LogP contribution in [0.25, 0.3) is 22.7 Å². The first kappa shape index (κ1) is 52.4. The van der Waals surface area contributed by atoms with Gasteiger partial charge in [0.05, 0.1) is 32.1 Å². The summed E-state index contributed by atoms with van der Waals surface area (Å²) in [6.45, 7) is 1.85. The average molecular weight is 1040 g/mol. The number of aryl methyl sites for hydroxylation is 2. The van der Waals surface area contributed by atoms with Crippen molar-refractivity contribution in [1.82, 2.24) is 55.1 Å². The Bertz CT molecular complexity index is 2890. The van der Waals surface area contributed by atoms with E-state index >= 15 is 0 Å². The molecule has 7 rings (SSSR count). The number of anilines is 4. The monoisotopic (exact) mass is 1040 g/mol. The molecular weight excluding hydrogens is 1020 g/mol. The van der Waals surface area contributed by atoms with Crippen LogP contribution in [-0.4, -0.2) is 86.2 Å². The normalized spacial score (nSPS) is 11.0. The van der Waals surface area contributed by atoms with Crippen LogP contribution in [0.5, 0.6) is 0 Å². The maximum atomic E-state index is 12.7. The van der Waals surface area contributed by atoms with Gasteiger partial charge in [-0.15, -0.1) is 25.5 Å². The van der Waals surface area contributed by atoms with Gasteiger partial charge in [0, 0.05) is 27.2 Å². The first-order valence-electron chi connectivity index (χ1n) is 17.5. The maximum absolute atomic E-state index is 12.7. The number of nitrogens with two attached hydrogens (primary N) is 1. The quantitative estimate of drug-likeness (QED) is 0.0768. The van der Waals surface area contributed by atoms with Crippen LogP contribution in [0.2, 0.25) is 30.5 Å². The van der Waals surface area contributed by atoms with Gasteiger partial charge in [0.2, 0.25) is 0 Å². The molecule has 1 amide bonds. The van der Waals surface area contributed by atoms with E-state index in [4.69, 9.17) is 80.4 Å². The average Bonchev–Trinajstić information content (AvgIpc) is 3.58. The number of nitrogens with zero attached hydrogens (tertiary/aromatic N) is 11. The van der Waals surface area contributed by atoms with Gasteiger partial charge in [-0.3, -0.25) is 4.79 Å². The molecule has 30 heteroatoms. The van der Waals surface area contributed by atoms with Crippen LogP contribution < -0.4 is 21.7 Å². The number of carboxylic acid groups (broad SMARTS) is 1. The van der Waals surface area contributed by atoms with E-state index in [1.54, 1.807) is 20.2 Å². The molecule has 6 N–H and O–H groups in total. The van der Waals surface area contributed by atoms with E-state index in [1.807, 2.05) is 6.92 Å². The number of amides is 1. The fraction of sp³-hybridized carbons (Fsp3) is 0.167. The molecule has 348 valence electrons. The molecule has 0 fully saturated rings. The van der Waals surface area contributed by atoms with Gasteiger partial charge in [-0.05, 0) is 55.5 Å². The summed E-state index contributed by atoms with van der Waals surface area (Å²) in [6.07, 6.45) is -9.30. The van der Waals surface area contributed by atoms with E-state index in [0.717, 1.165) is 11.8 Å². The number of nitrogen functional groups attached to an aromatic ring is 1. The molecule has 7 aromatic heterocycles. The number of halogens is 12. The Hall–Kier alpha value is -6.18. The lowest BCUT2D eigenvalue weighted by atomic mass is 10.3. The Balaban J connectivity index is 0.000000205. The van der Waals surface area contributed by atoms with Crippen LogP contribution in [0.15, 0.2) is 54.6 Å². The summed E-state index contributed by atoms with van der Waals surface area (Å²) < 4.78 is 77.6. The number of carboxylic acids is 1. The minimum absolute atomic E-state index is 0.00373. The number of pyridine rings is 3. The summed E-state index contributed by atoms with van der Waals surface area (Å²) in [5.74, 6) is -1.20. The van der Waals surface area contributed by atoms with Crippen LogP contribution in [-0.2, 0) is 19.4 Å². The molecule has 0 spiro atoms. The number of nitrogens with one attached hydrogen (secondary N) is 3. The molecule has 0 bridgehead atoms. The van der Waals surface area contributed by atoms with E-state index in [2.05, 4.69) is 66.5 Å². The van der Waals surface area contributed by atoms with Crippen molar-refractivity contribution in [3.8, 4) is 11.5 Å². The third-order valence-corrected chi connectivity index (χ3v) is 9.27. The number of carbonyl (C=O) groups excluding carboxylic acids is 1. The molecule has 0 saturated carbocycles. The molecule has 0 aliphatic heterocycles. The number of fused-ring (bicyclic) bond motifs is 1. The Kier molecular flexibility index (Phi) is 17.8. The first-order valence-corrected chi connectivity index (χ1v) is 19.8. The van der Waals surface area contributed by atoms with Crippen LogP contribution in [0, 0.1) is 6.92 Å². The third kappa shape index (κ3) is 13.9. The lowest BCUT2D eigenvalue weighted by Crippen LogP contribution is -2.18. The van der Waals surface area contributed by atoms with Crippen LogP contribution in [0.3, 0.4) is 0 Å². The highest BCUT2D eigenvalue weighted by Crippen LogP contribution is 2.33. The van der Waals surface area contributed by atoms with Crippen molar-refractivity contribution in [2.45, 2.75) is 19.3 Å². The zero-order valence-electron chi connectivity index (χ0n) is 33.5. The predicted molar refractivity (Wildman–Crippen MR) is 235 cm³/mol. The zero-order valence-corrected chi connectivity index (χ0v) is 38.0. The highest BCUT2D eigenvalue weighted by Gasteiger charge is 2.35. The number of hydrogen-bond acceptors (Lipinski definition) is 15. The predicted octanol–water partition coefficient (Wildman–Crippen LogP) is 9.74. The van der Waals surface area contributed by atoms with Crippen molar-refractivity contribution in [2.24, 2.45) is 7.05 Å². The molecular formula is C36H27Cl6F6N15O3. The third-order valence-electron chi connectivity index (χ3n) is 7.72. The summed E-state index contributed by atoms with van der Waals surface area (Å²) in [4.78, 5) is 37.9. The summed E-state index contributed by atoms with van der Waals surface area (Å²) in [7, 11) is 4.75. The topological polar surface area (TPSA) is 250 Å². The molecule has 7 heterocycles. The van der Waals surface area contributed by atoms with Gasteiger partial charge in [0.15, 0.2) is 40.2 Å². The summed E-state index contributed by atoms with van der Waals surface area (Å²) in [6, 6.07) is 11.8. The molecule has 0 atom stereocenters. The van der Waals surface area contributed by atoms with Crippen LogP contribution >= 0.6 is 69.6 Å². The van der Waals surface area contributed by atoms with Crippen LogP contribution in [0.4, 0.5) is 49.4 Å². The summed E-state index contributed by atoms with van der Waals surface area (Å²) in [5.41, 5.74) is 4.46. The second kappa shape index (κ2) is 22.3. The summed E-state index contributed by atoms with van der Waals surface area (Å²) in [5, 5.41) is 37.5. The Morgan fingerprint density at radius 2 is 1.15 bits per heavy atom. The summed E-state index contributed by atoms with van der Waals surface area (Å²) >= 11 is 34.3. The minimum atomic E-state index is -4.70. The highest BCUT2D eigenvalue weighted by atomic mass is 35.5. The van der Waals surface area contributed by atoms with E-state index in [-0.39, 0.29) is 76.1 Å². The number of carbonyl (C=O) groups is 2. The number of aromatic nitrogens is 11. The van der Waals surface area contributed by atoms with Gasteiger partial charge in [-0.2, -0.15) is 31.4 Å². The maximum Gasteiger partial charge on any atom is 0.435 e. The highest BCUT2D eigenvalue weighted by molar-refractivity contribution is 6.36. The number of hydrogen-bond donors (Lipinski definition) is 5. The lowest BCUT2D eigenvalue weighted by molar-refractivity contribution is -0.142. The van der Waals surface area contributed by atoms with Gasteiger partial charge in [0.25, 0.3) is 5.91 Å². The number of rotatable bonds is 6. The van der Waals surface area contributed by atoms with Gasteiger partial charge < -0.3 is 31.4 Å². The van der Waals surface area contributed by atoms with Crippen LogP contribution in [0.1, 0.15) is 38.1 Å². The molecule has 0 aliphatic carbocycles. The SMILES string of the molecule is CNc1nnc(C(F)(F)F)cc1NC(=O)c1nc(Cl)ccc1Cl.CNc1nnc(C)cc1N.Cn1c(-c2nc(Cl)ccc2Cl)nc2cc(C(F)(F)F)nnc21.O=C(O)c1nc(Cl)ccc1Cl. The van der Waals surface area contributed by atoms with E-state index in [9.17, 15) is 35.9 Å². The molecule has 0 radical (unpaired) electrons. The van der Waals surface area contributed by atoms with Gasteiger partial charge in [-0.25, -0.2) is 24.7 Å². The Morgan fingerprint density at radius 1 is 0.652 bits per heavy atom. The fourth-order valence-electron chi connectivity index (χ4n) is 4.75. The lowest BCUT2D eigenvalue weighted by Gasteiger charge is -2.12. The second-order valence-corrected chi connectivity index (χ2v) is 14.7.